The van der Waals surface area contributed by atoms with Crippen molar-refractivity contribution in [2.75, 3.05) is 19.6 Å². The number of nitrogens with one attached hydrogen (secondary N) is 1. The Morgan fingerprint density at radius 2 is 1.95 bits per heavy atom. The van der Waals surface area contributed by atoms with Crippen LogP contribution in [0, 0.1) is 5.92 Å². The normalized spacial score (nSPS) is 19.8. The zero-order chi connectivity index (χ0) is 14.4. The molecular weight excluding hydrogens is 248 g/mol. The third kappa shape index (κ3) is 4.58. The molecule has 3 nitrogen and oxygen atoms in total. The maximum Gasteiger partial charge on any atom is 0.0681 e. The minimum Gasteiger partial charge on any atom is -0.392 e. The Balaban J connectivity index is 1.93. The van der Waals surface area contributed by atoms with E-state index in [1.807, 2.05) is 12.1 Å². The van der Waals surface area contributed by atoms with Crippen LogP contribution in [0.15, 0.2) is 24.3 Å². The number of hydrogen-bond donors (Lipinski definition) is 2. The average molecular weight is 276 g/mol. The highest BCUT2D eigenvalue weighted by Crippen LogP contribution is 2.16. The van der Waals surface area contributed by atoms with E-state index in [1.54, 1.807) is 0 Å². The summed E-state index contributed by atoms with van der Waals surface area (Å²) in [4.78, 5) is 2.56. The van der Waals surface area contributed by atoms with Gasteiger partial charge in [-0.05, 0) is 56.8 Å². The van der Waals surface area contributed by atoms with Gasteiger partial charge in [0.1, 0.15) is 0 Å². The molecule has 1 fully saturated rings. The molecule has 0 aromatic heterocycles. The van der Waals surface area contributed by atoms with Gasteiger partial charge in [0.2, 0.25) is 0 Å². The van der Waals surface area contributed by atoms with E-state index in [-0.39, 0.29) is 6.61 Å². The van der Waals surface area contributed by atoms with Crippen molar-refractivity contribution >= 4 is 0 Å². The summed E-state index contributed by atoms with van der Waals surface area (Å²) in [6.45, 7) is 9.19. The summed E-state index contributed by atoms with van der Waals surface area (Å²) < 4.78 is 0. The quantitative estimate of drug-likeness (QED) is 0.837. The molecule has 2 N–H and O–H groups in total. The molecular formula is C17H28N2O. The molecule has 0 saturated carbocycles. The molecule has 3 heteroatoms. The number of hydrogen-bond acceptors (Lipinski definition) is 3. The van der Waals surface area contributed by atoms with Crippen LogP contribution in [0.25, 0.3) is 0 Å². The number of rotatable bonds is 6. The molecule has 1 aliphatic rings. The molecule has 0 aliphatic carbocycles. The topological polar surface area (TPSA) is 35.5 Å². The lowest BCUT2D eigenvalue weighted by molar-refractivity contribution is 0.164. The predicted octanol–water partition coefficient (Wildman–Crippen LogP) is 2.39. The second-order valence-corrected chi connectivity index (χ2v) is 6.21. The summed E-state index contributed by atoms with van der Waals surface area (Å²) in [5, 5.41) is 12.6. The molecule has 1 aromatic rings. The van der Waals surface area contributed by atoms with Crippen molar-refractivity contribution < 1.29 is 5.11 Å². The van der Waals surface area contributed by atoms with Crippen molar-refractivity contribution in [2.45, 2.75) is 45.9 Å². The third-order valence-electron chi connectivity index (χ3n) is 4.21. The molecule has 2 rings (SSSR count). The van der Waals surface area contributed by atoms with E-state index in [2.05, 4.69) is 36.2 Å². The van der Waals surface area contributed by atoms with Crippen molar-refractivity contribution in [3.05, 3.63) is 35.4 Å². The molecule has 1 unspecified atom stereocenters. The lowest BCUT2D eigenvalue weighted by atomic mass is 9.98. The van der Waals surface area contributed by atoms with Gasteiger partial charge in [-0.1, -0.05) is 24.3 Å². The van der Waals surface area contributed by atoms with E-state index >= 15 is 0 Å². The van der Waals surface area contributed by atoms with Gasteiger partial charge in [-0.25, -0.2) is 0 Å². The number of aliphatic hydroxyl groups is 1. The van der Waals surface area contributed by atoms with Crippen molar-refractivity contribution in [3.8, 4) is 0 Å². The first kappa shape index (κ1) is 15.5. The van der Waals surface area contributed by atoms with Crippen molar-refractivity contribution in [3.63, 3.8) is 0 Å². The van der Waals surface area contributed by atoms with Crippen LogP contribution in [0.4, 0.5) is 0 Å². The summed E-state index contributed by atoms with van der Waals surface area (Å²) in [7, 11) is 0. The SMILES string of the molecule is CC(C)N(Cc1ccc(CO)cc1)CC1CCCNC1. The first-order valence-corrected chi connectivity index (χ1v) is 7.82. The number of piperidine rings is 1. The Morgan fingerprint density at radius 3 is 2.50 bits per heavy atom. The number of benzene rings is 1. The van der Waals surface area contributed by atoms with Crippen LogP contribution in [0.1, 0.15) is 37.8 Å². The summed E-state index contributed by atoms with van der Waals surface area (Å²) in [6, 6.07) is 8.89. The summed E-state index contributed by atoms with van der Waals surface area (Å²) >= 11 is 0. The second kappa shape index (κ2) is 7.77. The lowest BCUT2D eigenvalue weighted by Crippen LogP contribution is -2.40. The van der Waals surface area contributed by atoms with Gasteiger partial charge in [-0.2, -0.15) is 0 Å². The van der Waals surface area contributed by atoms with Crippen LogP contribution in [0.3, 0.4) is 0 Å². The monoisotopic (exact) mass is 276 g/mol. The lowest BCUT2D eigenvalue weighted by Gasteiger charge is -2.32. The van der Waals surface area contributed by atoms with Gasteiger partial charge < -0.3 is 10.4 Å². The Kier molecular flexibility index (Phi) is 6.02. The van der Waals surface area contributed by atoms with Gasteiger partial charge in [0, 0.05) is 19.1 Å². The molecule has 0 amide bonds. The number of nitrogens with zero attached hydrogens (tertiary/aromatic N) is 1. The van der Waals surface area contributed by atoms with Gasteiger partial charge >= 0.3 is 0 Å². The minimum absolute atomic E-state index is 0.127. The van der Waals surface area contributed by atoms with Gasteiger partial charge in [-0.15, -0.1) is 0 Å². The summed E-state index contributed by atoms with van der Waals surface area (Å²) in [6.07, 6.45) is 2.65. The van der Waals surface area contributed by atoms with Crippen LogP contribution >= 0.6 is 0 Å². The fourth-order valence-corrected chi connectivity index (χ4v) is 2.85. The molecule has 0 radical (unpaired) electrons. The standard InChI is InChI=1S/C17H28N2O/c1-14(2)19(12-17-4-3-9-18-10-17)11-15-5-7-16(13-20)8-6-15/h5-8,14,17-18,20H,3-4,9-13H2,1-2H3. The molecule has 0 spiro atoms. The fourth-order valence-electron chi connectivity index (χ4n) is 2.85. The Hall–Kier alpha value is -0.900. The second-order valence-electron chi connectivity index (χ2n) is 6.21. The molecule has 1 atom stereocenters. The minimum atomic E-state index is 0.127. The highest BCUT2D eigenvalue weighted by Gasteiger charge is 2.18. The molecule has 112 valence electrons. The van der Waals surface area contributed by atoms with Crippen LogP contribution in [-0.2, 0) is 13.2 Å². The van der Waals surface area contributed by atoms with Crippen LogP contribution in [0.5, 0.6) is 0 Å². The average Bonchev–Trinajstić information content (AvgIpc) is 2.48. The first-order chi connectivity index (χ1) is 9.69. The van der Waals surface area contributed by atoms with Gasteiger partial charge in [0.15, 0.2) is 0 Å². The molecule has 0 bridgehead atoms. The van der Waals surface area contributed by atoms with Crippen molar-refractivity contribution in [2.24, 2.45) is 5.92 Å². The van der Waals surface area contributed by atoms with E-state index in [9.17, 15) is 0 Å². The molecule has 1 aromatic carbocycles. The molecule has 1 aliphatic heterocycles. The van der Waals surface area contributed by atoms with Gasteiger partial charge in [0.25, 0.3) is 0 Å². The Morgan fingerprint density at radius 1 is 1.25 bits per heavy atom. The van der Waals surface area contributed by atoms with Crippen LogP contribution in [0.2, 0.25) is 0 Å². The maximum absolute atomic E-state index is 9.10. The highest BCUT2D eigenvalue weighted by molar-refractivity contribution is 5.21. The van der Waals surface area contributed by atoms with Gasteiger partial charge in [0.05, 0.1) is 6.61 Å². The van der Waals surface area contributed by atoms with E-state index in [1.165, 1.54) is 31.5 Å². The maximum atomic E-state index is 9.10. The van der Waals surface area contributed by atoms with E-state index in [4.69, 9.17) is 5.11 Å². The van der Waals surface area contributed by atoms with E-state index in [0.717, 1.165) is 24.6 Å². The Bertz CT molecular complexity index is 382. The fraction of sp³-hybridized carbons (Fsp3) is 0.647. The molecule has 1 heterocycles. The number of aliphatic hydroxyl groups excluding tert-OH is 1. The molecule has 1 saturated heterocycles. The smallest absolute Gasteiger partial charge is 0.0681 e. The zero-order valence-electron chi connectivity index (χ0n) is 12.8. The van der Waals surface area contributed by atoms with E-state index < -0.39 is 0 Å². The zero-order valence-corrected chi connectivity index (χ0v) is 12.8. The first-order valence-electron chi connectivity index (χ1n) is 7.82. The van der Waals surface area contributed by atoms with Crippen molar-refractivity contribution in [1.29, 1.82) is 0 Å². The summed E-state index contributed by atoms with van der Waals surface area (Å²) in [5.74, 6) is 0.780. The third-order valence-corrected chi connectivity index (χ3v) is 4.21. The van der Waals surface area contributed by atoms with Crippen LogP contribution in [-0.4, -0.2) is 35.7 Å². The summed E-state index contributed by atoms with van der Waals surface area (Å²) in [5.41, 5.74) is 2.32. The van der Waals surface area contributed by atoms with E-state index in [0.29, 0.717) is 6.04 Å². The predicted molar refractivity (Wildman–Crippen MR) is 83.5 cm³/mol. The largest absolute Gasteiger partial charge is 0.392 e. The Labute approximate surface area is 123 Å². The van der Waals surface area contributed by atoms with Crippen molar-refractivity contribution in [1.82, 2.24) is 10.2 Å². The van der Waals surface area contributed by atoms with Crippen LogP contribution < -0.4 is 5.32 Å². The molecule has 20 heavy (non-hydrogen) atoms. The van der Waals surface area contributed by atoms with Gasteiger partial charge in [-0.3, -0.25) is 4.90 Å². The highest BCUT2D eigenvalue weighted by atomic mass is 16.3.